The largest absolute Gasteiger partial charge is 0.496 e. The Bertz CT molecular complexity index is 816. The minimum absolute atomic E-state index is 0.774. The monoisotopic (exact) mass is 307 g/mol. The van der Waals surface area contributed by atoms with Crippen molar-refractivity contribution < 1.29 is 9.26 Å². The van der Waals surface area contributed by atoms with Gasteiger partial charge in [0.2, 0.25) is 0 Å². The van der Waals surface area contributed by atoms with Crippen LogP contribution in [0.5, 0.6) is 5.75 Å². The molecular weight excluding hydrogens is 286 g/mol. The Morgan fingerprint density at radius 1 is 1.04 bits per heavy atom. The van der Waals surface area contributed by atoms with E-state index in [1.807, 2.05) is 6.07 Å². The Kier molecular flexibility index (Phi) is 4.20. The first-order valence-corrected chi connectivity index (χ1v) is 7.83. The molecule has 3 aromatic rings. The third-order valence-corrected chi connectivity index (χ3v) is 4.35. The highest BCUT2D eigenvalue weighted by molar-refractivity contribution is 5.80. The van der Waals surface area contributed by atoms with Gasteiger partial charge in [0.1, 0.15) is 5.75 Å². The minimum Gasteiger partial charge on any atom is -0.496 e. The predicted octanol–water partition coefficient (Wildman–Crippen LogP) is 5.20. The molecule has 0 aliphatic carbocycles. The lowest BCUT2D eigenvalue weighted by atomic mass is 9.98. The average Bonchev–Trinajstić information content (AvgIpc) is 3.07. The molecule has 0 aliphatic rings. The lowest BCUT2D eigenvalue weighted by molar-refractivity contribution is 0.410. The second-order valence-electron chi connectivity index (χ2n) is 5.74. The second-order valence-corrected chi connectivity index (χ2v) is 5.74. The summed E-state index contributed by atoms with van der Waals surface area (Å²) in [6, 6.07) is 12.6. The maximum absolute atomic E-state index is 5.55. The van der Waals surface area contributed by atoms with E-state index in [-0.39, 0.29) is 0 Å². The highest BCUT2D eigenvalue weighted by Crippen LogP contribution is 2.36. The summed E-state index contributed by atoms with van der Waals surface area (Å²) < 4.78 is 11.0. The van der Waals surface area contributed by atoms with Gasteiger partial charge in [0, 0.05) is 11.1 Å². The van der Waals surface area contributed by atoms with Crippen LogP contribution in [0.25, 0.3) is 22.5 Å². The molecule has 0 fully saturated rings. The molecule has 0 atom stereocenters. The van der Waals surface area contributed by atoms with Crippen molar-refractivity contribution in [3.63, 3.8) is 0 Å². The van der Waals surface area contributed by atoms with E-state index >= 15 is 0 Å². The molecule has 3 heteroatoms. The SMILES string of the molecule is CCc1ccc(-c2cnoc2-c2cc(C)c(C)c(OC)c2)cc1. The molecule has 1 aromatic heterocycles. The van der Waals surface area contributed by atoms with E-state index in [1.54, 1.807) is 13.3 Å². The van der Waals surface area contributed by atoms with Gasteiger partial charge in [-0.15, -0.1) is 0 Å². The molecule has 2 aromatic carbocycles. The van der Waals surface area contributed by atoms with Gasteiger partial charge in [0.15, 0.2) is 5.76 Å². The van der Waals surface area contributed by atoms with E-state index in [1.165, 1.54) is 11.1 Å². The van der Waals surface area contributed by atoms with Crippen molar-refractivity contribution in [3.05, 3.63) is 59.3 Å². The molecule has 0 spiro atoms. The van der Waals surface area contributed by atoms with Crippen molar-refractivity contribution in [3.8, 4) is 28.2 Å². The molecule has 0 radical (unpaired) electrons. The first-order chi connectivity index (χ1) is 11.1. The molecule has 0 amide bonds. The topological polar surface area (TPSA) is 35.3 Å². The Morgan fingerprint density at radius 2 is 1.78 bits per heavy atom. The van der Waals surface area contributed by atoms with Gasteiger partial charge in [-0.2, -0.15) is 0 Å². The van der Waals surface area contributed by atoms with E-state index in [0.717, 1.165) is 40.2 Å². The first kappa shape index (κ1) is 15.3. The zero-order valence-corrected chi connectivity index (χ0v) is 14.0. The Labute approximate surface area is 136 Å². The Balaban J connectivity index is 2.09. The van der Waals surface area contributed by atoms with Gasteiger partial charge in [0.05, 0.1) is 13.3 Å². The van der Waals surface area contributed by atoms with E-state index in [9.17, 15) is 0 Å². The van der Waals surface area contributed by atoms with Crippen LogP contribution in [0.1, 0.15) is 23.6 Å². The zero-order chi connectivity index (χ0) is 16.4. The van der Waals surface area contributed by atoms with Crippen molar-refractivity contribution in [2.45, 2.75) is 27.2 Å². The zero-order valence-electron chi connectivity index (χ0n) is 14.0. The quantitative estimate of drug-likeness (QED) is 0.665. The summed E-state index contributed by atoms with van der Waals surface area (Å²) >= 11 is 0. The summed E-state index contributed by atoms with van der Waals surface area (Å²) in [5.74, 6) is 1.64. The van der Waals surface area contributed by atoms with Crippen LogP contribution in [0.3, 0.4) is 0 Å². The van der Waals surface area contributed by atoms with Crippen molar-refractivity contribution in [2.75, 3.05) is 7.11 Å². The van der Waals surface area contributed by atoms with Crippen LogP contribution >= 0.6 is 0 Å². The second kappa shape index (κ2) is 6.29. The van der Waals surface area contributed by atoms with Crippen LogP contribution in [0.15, 0.2) is 47.1 Å². The fourth-order valence-electron chi connectivity index (χ4n) is 2.74. The average molecular weight is 307 g/mol. The summed E-state index contributed by atoms with van der Waals surface area (Å²) in [5, 5.41) is 4.01. The number of ether oxygens (including phenoxy) is 1. The summed E-state index contributed by atoms with van der Waals surface area (Å²) in [5.41, 5.74) is 6.72. The first-order valence-electron chi connectivity index (χ1n) is 7.83. The fourth-order valence-corrected chi connectivity index (χ4v) is 2.74. The number of aromatic nitrogens is 1. The molecule has 0 bridgehead atoms. The number of methoxy groups -OCH3 is 1. The molecule has 0 N–H and O–H groups in total. The van der Waals surface area contributed by atoms with Crippen molar-refractivity contribution in [1.82, 2.24) is 5.16 Å². The number of aryl methyl sites for hydroxylation is 2. The minimum atomic E-state index is 0.774. The molecule has 0 saturated carbocycles. The van der Waals surface area contributed by atoms with Crippen LogP contribution in [-0.4, -0.2) is 12.3 Å². The summed E-state index contributed by atoms with van der Waals surface area (Å²) in [6.07, 6.45) is 2.81. The van der Waals surface area contributed by atoms with Gasteiger partial charge in [-0.3, -0.25) is 0 Å². The predicted molar refractivity (Wildman–Crippen MR) is 92.8 cm³/mol. The van der Waals surface area contributed by atoms with Gasteiger partial charge in [-0.25, -0.2) is 0 Å². The molecule has 1 heterocycles. The molecule has 0 unspecified atom stereocenters. The summed E-state index contributed by atoms with van der Waals surface area (Å²) in [4.78, 5) is 0. The summed E-state index contributed by atoms with van der Waals surface area (Å²) in [7, 11) is 1.69. The molecule has 0 aliphatic heterocycles. The van der Waals surface area contributed by atoms with Gasteiger partial charge >= 0.3 is 0 Å². The van der Waals surface area contributed by atoms with E-state index in [0.29, 0.717) is 0 Å². The van der Waals surface area contributed by atoms with Crippen molar-refractivity contribution >= 4 is 0 Å². The van der Waals surface area contributed by atoms with Crippen molar-refractivity contribution in [1.29, 1.82) is 0 Å². The van der Waals surface area contributed by atoms with E-state index in [2.05, 4.69) is 56.3 Å². The number of nitrogens with zero attached hydrogens (tertiary/aromatic N) is 1. The number of rotatable bonds is 4. The Hall–Kier alpha value is -2.55. The lowest BCUT2D eigenvalue weighted by Gasteiger charge is -2.10. The highest BCUT2D eigenvalue weighted by Gasteiger charge is 2.15. The smallest absolute Gasteiger partial charge is 0.174 e. The molecule has 3 rings (SSSR count). The van der Waals surface area contributed by atoms with Crippen LogP contribution in [0, 0.1) is 13.8 Å². The van der Waals surface area contributed by atoms with Crippen molar-refractivity contribution in [2.24, 2.45) is 0 Å². The van der Waals surface area contributed by atoms with Gasteiger partial charge < -0.3 is 9.26 Å². The summed E-state index contributed by atoms with van der Waals surface area (Å²) in [6.45, 7) is 6.29. The number of hydrogen-bond donors (Lipinski definition) is 0. The molecule has 23 heavy (non-hydrogen) atoms. The normalized spacial score (nSPS) is 10.8. The van der Waals surface area contributed by atoms with Gasteiger partial charge in [-0.05, 0) is 54.7 Å². The third kappa shape index (κ3) is 2.87. The van der Waals surface area contributed by atoms with Crippen LogP contribution in [0.4, 0.5) is 0 Å². The fraction of sp³-hybridized carbons (Fsp3) is 0.250. The standard InChI is InChI=1S/C20H21NO2/c1-5-15-6-8-16(9-7-15)18-12-21-23-20(18)17-10-13(2)14(3)19(11-17)22-4/h6-12H,5H2,1-4H3. The third-order valence-electron chi connectivity index (χ3n) is 4.35. The van der Waals surface area contributed by atoms with Crippen LogP contribution in [-0.2, 0) is 6.42 Å². The molecule has 3 nitrogen and oxygen atoms in total. The van der Waals surface area contributed by atoms with E-state index in [4.69, 9.17) is 9.26 Å². The van der Waals surface area contributed by atoms with Gasteiger partial charge in [-0.1, -0.05) is 36.3 Å². The molecular formula is C20H21NO2. The maximum atomic E-state index is 5.55. The maximum Gasteiger partial charge on any atom is 0.174 e. The highest BCUT2D eigenvalue weighted by atomic mass is 16.5. The number of hydrogen-bond acceptors (Lipinski definition) is 3. The number of benzene rings is 2. The Morgan fingerprint density at radius 3 is 2.43 bits per heavy atom. The van der Waals surface area contributed by atoms with Crippen LogP contribution < -0.4 is 4.74 Å². The molecule has 118 valence electrons. The van der Waals surface area contributed by atoms with Crippen LogP contribution in [0.2, 0.25) is 0 Å². The molecule has 0 saturated heterocycles. The lowest BCUT2D eigenvalue weighted by Crippen LogP contribution is -1.92. The van der Waals surface area contributed by atoms with E-state index < -0.39 is 0 Å². The van der Waals surface area contributed by atoms with Gasteiger partial charge in [0.25, 0.3) is 0 Å².